The lowest BCUT2D eigenvalue weighted by atomic mass is 9.92. The molecule has 4 rings (SSSR count). The normalized spacial score (nSPS) is 18.2. The predicted octanol–water partition coefficient (Wildman–Crippen LogP) is 3.28. The summed E-state index contributed by atoms with van der Waals surface area (Å²) in [6.45, 7) is 4.77. The number of amides is 1. The Hall–Kier alpha value is -1.95. The Labute approximate surface area is 152 Å². The second-order valence-electron chi connectivity index (χ2n) is 7.51. The third kappa shape index (κ3) is 3.15. The molecule has 0 atom stereocenters. The van der Waals surface area contributed by atoms with Crippen molar-refractivity contribution in [3.8, 4) is 0 Å². The molecule has 5 nitrogen and oxygen atoms in total. The molecule has 2 saturated carbocycles. The van der Waals surface area contributed by atoms with Crippen LogP contribution < -0.4 is 5.32 Å². The summed E-state index contributed by atoms with van der Waals surface area (Å²) in [7, 11) is 0. The molecule has 0 unspecified atom stereocenters. The molecule has 0 saturated heterocycles. The van der Waals surface area contributed by atoms with Gasteiger partial charge in [-0.05, 0) is 57.3 Å². The maximum absolute atomic E-state index is 12.8. The average Bonchev–Trinajstić information content (AvgIpc) is 3.46. The smallest absolute Gasteiger partial charge is 0.230 e. The second-order valence-corrected chi connectivity index (χ2v) is 7.90. The van der Waals surface area contributed by atoms with Crippen LogP contribution in [0.1, 0.15) is 54.2 Å². The summed E-state index contributed by atoms with van der Waals surface area (Å²) < 4.78 is 2.80. The standard InChI is InChI=1S/C19H24N4OS/c1-12-9-13(2)11-14(10-12)19(6-7-19)17(24)20-8-5-16-21-22-18(25)23(16)15-3-4-15/h9-11,15H,3-8H2,1-2H3,(H,20,24)(H,22,25). The van der Waals surface area contributed by atoms with Crippen molar-refractivity contribution in [2.45, 2.75) is 57.4 Å². The zero-order valence-electron chi connectivity index (χ0n) is 14.8. The van der Waals surface area contributed by atoms with E-state index in [1.165, 1.54) is 24.0 Å². The van der Waals surface area contributed by atoms with Crippen molar-refractivity contribution in [3.63, 3.8) is 0 Å². The van der Waals surface area contributed by atoms with Gasteiger partial charge in [0.2, 0.25) is 5.91 Å². The minimum Gasteiger partial charge on any atom is -0.355 e. The molecular formula is C19H24N4OS. The molecule has 2 aliphatic rings. The number of rotatable bonds is 6. The quantitative estimate of drug-likeness (QED) is 0.781. The number of nitrogens with one attached hydrogen (secondary N) is 2. The van der Waals surface area contributed by atoms with E-state index in [0.717, 1.165) is 24.2 Å². The molecule has 2 aliphatic carbocycles. The number of hydrogen-bond donors (Lipinski definition) is 2. The Kier molecular flexibility index (Phi) is 4.02. The van der Waals surface area contributed by atoms with Gasteiger partial charge < -0.3 is 9.88 Å². The first-order valence-corrected chi connectivity index (χ1v) is 9.43. The number of aryl methyl sites for hydroxylation is 2. The van der Waals surface area contributed by atoms with Gasteiger partial charge in [-0.25, -0.2) is 0 Å². The van der Waals surface area contributed by atoms with Crippen LogP contribution in [0, 0.1) is 18.6 Å². The number of aromatic nitrogens is 3. The SMILES string of the molecule is Cc1cc(C)cc(C2(C(=O)NCCc3n[nH]c(=S)n3C3CC3)CC2)c1. The van der Waals surface area contributed by atoms with Crippen molar-refractivity contribution in [2.75, 3.05) is 6.54 Å². The number of carbonyl (C=O) groups is 1. The molecule has 2 fully saturated rings. The Morgan fingerprint density at radius 3 is 2.60 bits per heavy atom. The van der Waals surface area contributed by atoms with E-state index in [1.54, 1.807) is 0 Å². The Bertz CT molecular complexity index is 854. The van der Waals surface area contributed by atoms with Crippen LogP contribution in [0.3, 0.4) is 0 Å². The summed E-state index contributed by atoms with van der Waals surface area (Å²) in [5.41, 5.74) is 3.27. The Balaban J connectivity index is 1.42. The highest BCUT2D eigenvalue weighted by atomic mass is 32.1. The number of hydrogen-bond acceptors (Lipinski definition) is 3. The van der Waals surface area contributed by atoms with E-state index in [-0.39, 0.29) is 11.3 Å². The summed E-state index contributed by atoms with van der Waals surface area (Å²) in [4.78, 5) is 12.8. The molecule has 0 spiro atoms. The highest BCUT2D eigenvalue weighted by Crippen LogP contribution is 2.48. The summed E-state index contributed by atoms with van der Waals surface area (Å²) in [6.07, 6.45) is 4.91. The topological polar surface area (TPSA) is 62.7 Å². The number of H-pyrrole nitrogens is 1. The van der Waals surface area contributed by atoms with Crippen LogP contribution in [0.25, 0.3) is 0 Å². The molecule has 2 N–H and O–H groups in total. The van der Waals surface area contributed by atoms with Crippen molar-refractivity contribution >= 4 is 18.1 Å². The Morgan fingerprint density at radius 1 is 1.32 bits per heavy atom. The van der Waals surface area contributed by atoms with Crippen molar-refractivity contribution in [1.29, 1.82) is 0 Å². The van der Waals surface area contributed by atoms with E-state index in [2.05, 4.69) is 52.1 Å². The van der Waals surface area contributed by atoms with Crippen LogP contribution in [-0.2, 0) is 16.6 Å². The first-order valence-electron chi connectivity index (χ1n) is 9.02. The van der Waals surface area contributed by atoms with E-state index in [1.807, 2.05) is 0 Å². The van der Waals surface area contributed by atoms with Crippen LogP contribution in [0.4, 0.5) is 0 Å². The van der Waals surface area contributed by atoms with Crippen LogP contribution in [0.2, 0.25) is 0 Å². The number of nitrogens with zero attached hydrogens (tertiary/aromatic N) is 2. The van der Waals surface area contributed by atoms with Gasteiger partial charge in [-0.15, -0.1) is 0 Å². The molecule has 2 aromatic rings. The summed E-state index contributed by atoms with van der Waals surface area (Å²) in [5, 5.41) is 10.3. The van der Waals surface area contributed by atoms with Gasteiger partial charge in [0.1, 0.15) is 5.82 Å². The van der Waals surface area contributed by atoms with Crippen LogP contribution in [0.15, 0.2) is 18.2 Å². The zero-order valence-corrected chi connectivity index (χ0v) is 15.6. The van der Waals surface area contributed by atoms with E-state index in [4.69, 9.17) is 12.2 Å². The van der Waals surface area contributed by atoms with Gasteiger partial charge in [0.05, 0.1) is 5.41 Å². The van der Waals surface area contributed by atoms with Gasteiger partial charge in [0.25, 0.3) is 0 Å². The van der Waals surface area contributed by atoms with Crippen molar-refractivity contribution in [2.24, 2.45) is 0 Å². The molecule has 25 heavy (non-hydrogen) atoms. The largest absolute Gasteiger partial charge is 0.355 e. The Morgan fingerprint density at radius 2 is 2.00 bits per heavy atom. The fourth-order valence-electron chi connectivity index (χ4n) is 3.70. The fraction of sp³-hybridized carbons (Fsp3) is 0.526. The maximum Gasteiger partial charge on any atom is 0.230 e. The summed E-state index contributed by atoms with van der Waals surface area (Å²) in [5.74, 6) is 1.09. The highest BCUT2D eigenvalue weighted by molar-refractivity contribution is 7.71. The molecule has 0 aliphatic heterocycles. The number of aromatic amines is 1. The van der Waals surface area contributed by atoms with Gasteiger partial charge in [-0.1, -0.05) is 29.3 Å². The van der Waals surface area contributed by atoms with Crippen molar-refractivity contribution < 1.29 is 4.79 Å². The number of carbonyl (C=O) groups excluding carboxylic acids is 1. The van der Waals surface area contributed by atoms with Gasteiger partial charge in [-0.3, -0.25) is 9.89 Å². The monoisotopic (exact) mass is 356 g/mol. The van der Waals surface area contributed by atoms with Gasteiger partial charge in [0, 0.05) is 19.0 Å². The van der Waals surface area contributed by atoms with Gasteiger partial charge in [0.15, 0.2) is 4.77 Å². The first-order chi connectivity index (χ1) is 12.0. The maximum atomic E-state index is 12.8. The molecule has 1 aromatic carbocycles. The van der Waals surface area contributed by atoms with Gasteiger partial charge >= 0.3 is 0 Å². The van der Waals surface area contributed by atoms with Crippen LogP contribution in [-0.4, -0.2) is 27.2 Å². The molecule has 132 valence electrons. The third-order valence-electron chi connectivity index (χ3n) is 5.28. The minimum atomic E-state index is -0.321. The van der Waals surface area contributed by atoms with Crippen molar-refractivity contribution in [1.82, 2.24) is 20.1 Å². The minimum absolute atomic E-state index is 0.143. The van der Waals surface area contributed by atoms with E-state index < -0.39 is 0 Å². The fourth-order valence-corrected chi connectivity index (χ4v) is 4.00. The molecule has 6 heteroatoms. The molecule has 1 heterocycles. The zero-order chi connectivity index (χ0) is 17.6. The molecule has 0 bridgehead atoms. The molecule has 0 radical (unpaired) electrons. The van der Waals surface area contributed by atoms with Gasteiger partial charge in [-0.2, -0.15) is 5.10 Å². The van der Waals surface area contributed by atoms with Crippen molar-refractivity contribution in [3.05, 3.63) is 45.5 Å². The van der Waals surface area contributed by atoms with E-state index in [0.29, 0.717) is 23.8 Å². The highest BCUT2D eigenvalue weighted by Gasteiger charge is 2.51. The summed E-state index contributed by atoms with van der Waals surface area (Å²) in [6, 6.07) is 6.95. The second kappa shape index (κ2) is 6.09. The number of benzene rings is 1. The first kappa shape index (κ1) is 16.5. The van der Waals surface area contributed by atoms with E-state index in [9.17, 15) is 4.79 Å². The summed E-state index contributed by atoms with van der Waals surface area (Å²) >= 11 is 5.31. The molecule has 1 amide bonds. The predicted molar refractivity (Wildman–Crippen MR) is 99.2 cm³/mol. The molecular weight excluding hydrogens is 332 g/mol. The van der Waals surface area contributed by atoms with Crippen LogP contribution >= 0.6 is 12.2 Å². The lowest BCUT2D eigenvalue weighted by Crippen LogP contribution is -2.36. The van der Waals surface area contributed by atoms with E-state index >= 15 is 0 Å². The van der Waals surface area contributed by atoms with Crippen LogP contribution in [0.5, 0.6) is 0 Å². The average molecular weight is 356 g/mol. The lowest BCUT2D eigenvalue weighted by Gasteiger charge is -2.17. The third-order valence-corrected chi connectivity index (χ3v) is 5.57. The molecule has 1 aromatic heterocycles. The lowest BCUT2D eigenvalue weighted by molar-refractivity contribution is -0.123.